The van der Waals surface area contributed by atoms with Crippen molar-refractivity contribution in [2.45, 2.75) is 89.9 Å². The molecule has 252 valence electrons. The molecule has 0 radical (unpaired) electrons. The first kappa shape index (κ1) is 32.7. The maximum Gasteiger partial charge on any atom is 0.136 e. The molecule has 0 amide bonds. The number of rotatable bonds is 4. The largest absolute Gasteiger partial charge is 0.311 e. The van der Waals surface area contributed by atoms with Gasteiger partial charge >= 0.3 is 0 Å². The van der Waals surface area contributed by atoms with Gasteiger partial charge < -0.3 is 30.6 Å². The monoisotopic (exact) mass is 650 g/mol. The van der Waals surface area contributed by atoms with E-state index < -0.39 is 34.5 Å². The highest BCUT2D eigenvalue weighted by Gasteiger charge is 2.59. The zero-order chi connectivity index (χ0) is 34.6. The molecule has 0 bridgehead atoms. The first-order valence-electron chi connectivity index (χ1n) is 16.4. The third-order valence-electron chi connectivity index (χ3n) is 11.8. The summed E-state index contributed by atoms with van der Waals surface area (Å²) in [5.74, 6) is 0. The predicted octanol–water partition coefficient (Wildman–Crippen LogP) is 8.84. The molecule has 3 aliphatic rings. The van der Waals surface area contributed by atoms with Crippen LogP contribution in [0.5, 0.6) is 0 Å². The number of hydrogen-bond donors (Lipinski definition) is 4. The van der Waals surface area contributed by atoms with Crippen molar-refractivity contribution in [3.05, 3.63) is 108 Å². The van der Waals surface area contributed by atoms with Crippen LogP contribution in [-0.2, 0) is 0 Å². The van der Waals surface area contributed by atoms with Crippen molar-refractivity contribution in [1.82, 2.24) is 20.3 Å². The Balaban J connectivity index is 1.45. The van der Waals surface area contributed by atoms with Gasteiger partial charge in [0, 0.05) is 11.4 Å². The summed E-state index contributed by atoms with van der Waals surface area (Å²) in [6.07, 6.45) is -1.60. The lowest BCUT2D eigenvalue weighted by Gasteiger charge is -2.41. The Kier molecular flexibility index (Phi) is 7.38. The third-order valence-corrected chi connectivity index (χ3v) is 11.8. The summed E-state index contributed by atoms with van der Waals surface area (Å²) in [5.41, 5.74) is 3.85. The Morgan fingerprint density at radius 3 is 0.979 bits per heavy atom. The second-order valence-corrected chi connectivity index (χ2v) is 15.2. The molecule has 0 aliphatic carbocycles. The number of hydrogen-bond acceptors (Lipinski definition) is 10. The molecule has 0 saturated carbocycles. The van der Waals surface area contributed by atoms with E-state index in [2.05, 4.69) is 34.1 Å². The van der Waals surface area contributed by atoms with E-state index in [0.717, 1.165) is 45.3 Å². The summed E-state index contributed by atoms with van der Waals surface area (Å²) in [4.78, 5) is 4.37. The SMILES string of the molecule is CC1(C)N(O)C(c2ccc3c(c2)N(c2ccccc2)c2ccc(C4N(O)C(C)(C)C(C)(C)N4O)cc2N3c2ccccc2)N(O)C1(C)C. The van der Waals surface area contributed by atoms with E-state index in [1.54, 1.807) is 0 Å². The van der Waals surface area contributed by atoms with Crippen LogP contribution < -0.4 is 9.80 Å². The van der Waals surface area contributed by atoms with Gasteiger partial charge in [-0.1, -0.05) is 48.5 Å². The van der Waals surface area contributed by atoms with E-state index in [0.29, 0.717) is 0 Å². The molecule has 4 N–H and O–H groups in total. The molecule has 4 aromatic carbocycles. The van der Waals surface area contributed by atoms with E-state index in [-0.39, 0.29) is 0 Å². The van der Waals surface area contributed by atoms with Crippen molar-refractivity contribution in [2.24, 2.45) is 0 Å². The molecule has 2 saturated heterocycles. The van der Waals surface area contributed by atoms with Gasteiger partial charge in [-0.2, -0.15) is 20.3 Å². The van der Waals surface area contributed by atoms with Crippen LogP contribution in [-0.4, -0.2) is 63.2 Å². The number of para-hydroxylation sites is 2. The number of fused-ring (bicyclic) bond motifs is 2. The molecule has 0 aromatic heterocycles. The molecule has 0 unspecified atom stereocenters. The van der Waals surface area contributed by atoms with E-state index in [1.165, 1.54) is 20.3 Å². The number of hydroxylamine groups is 8. The first-order chi connectivity index (χ1) is 22.5. The van der Waals surface area contributed by atoms with Crippen molar-refractivity contribution < 1.29 is 20.8 Å². The minimum atomic E-state index is -0.799. The lowest BCUT2D eigenvalue weighted by atomic mass is 9.84. The highest BCUT2D eigenvalue weighted by atomic mass is 16.6. The topological polar surface area (TPSA) is 100 Å². The van der Waals surface area contributed by atoms with Gasteiger partial charge in [-0.3, -0.25) is 0 Å². The smallest absolute Gasteiger partial charge is 0.136 e. The molecule has 3 aliphatic heterocycles. The highest BCUT2D eigenvalue weighted by molar-refractivity contribution is 6.01. The molecule has 48 heavy (non-hydrogen) atoms. The van der Waals surface area contributed by atoms with Gasteiger partial charge in [0.1, 0.15) is 12.3 Å². The Bertz CT molecular complexity index is 1670. The fraction of sp³-hybridized carbons (Fsp3) is 0.368. The van der Waals surface area contributed by atoms with E-state index in [9.17, 15) is 20.8 Å². The van der Waals surface area contributed by atoms with Crippen LogP contribution in [0.15, 0.2) is 97.1 Å². The molecule has 4 aromatic rings. The van der Waals surface area contributed by atoms with Crippen LogP contribution in [0.1, 0.15) is 78.8 Å². The Labute approximate surface area is 282 Å². The Hall–Kier alpha value is -3.84. The summed E-state index contributed by atoms with van der Waals surface area (Å²) in [5, 5.41) is 50.8. The van der Waals surface area contributed by atoms with Crippen LogP contribution in [0.25, 0.3) is 0 Å². The normalized spacial score (nSPS) is 22.7. The van der Waals surface area contributed by atoms with E-state index in [1.807, 2.05) is 128 Å². The Morgan fingerprint density at radius 1 is 0.396 bits per heavy atom. The van der Waals surface area contributed by atoms with Crippen LogP contribution >= 0.6 is 0 Å². The molecule has 7 rings (SSSR count). The lowest BCUT2D eigenvalue weighted by Crippen LogP contribution is -2.52. The van der Waals surface area contributed by atoms with Gasteiger partial charge in [0.2, 0.25) is 0 Å². The number of anilines is 6. The van der Waals surface area contributed by atoms with Gasteiger partial charge in [-0.05, 0) is 115 Å². The molecule has 0 atom stereocenters. The van der Waals surface area contributed by atoms with E-state index >= 15 is 0 Å². The zero-order valence-electron chi connectivity index (χ0n) is 28.9. The summed E-state index contributed by atoms with van der Waals surface area (Å²) in [7, 11) is 0. The van der Waals surface area contributed by atoms with Crippen molar-refractivity contribution in [2.75, 3.05) is 9.80 Å². The average molecular weight is 651 g/mol. The Morgan fingerprint density at radius 2 is 0.688 bits per heavy atom. The molecule has 10 heteroatoms. The summed E-state index contributed by atoms with van der Waals surface area (Å²) >= 11 is 0. The van der Waals surface area contributed by atoms with Gasteiger partial charge in [-0.15, -0.1) is 0 Å². The van der Waals surface area contributed by atoms with Crippen molar-refractivity contribution >= 4 is 34.1 Å². The second kappa shape index (κ2) is 10.8. The number of benzene rings is 4. The second-order valence-electron chi connectivity index (χ2n) is 15.2. The molecule has 3 heterocycles. The minimum Gasteiger partial charge on any atom is -0.311 e. The van der Waals surface area contributed by atoms with Crippen molar-refractivity contribution in [3.8, 4) is 0 Å². The molecule has 0 spiro atoms. The maximum absolute atomic E-state index is 11.5. The van der Waals surface area contributed by atoms with Gasteiger partial charge in [0.05, 0.1) is 44.9 Å². The van der Waals surface area contributed by atoms with Gasteiger partial charge in [-0.25, -0.2) is 0 Å². The fourth-order valence-electron chi connectivity index (χ4n) is 7.22. The lowest BCUT2D eigenvalue weighted by molar-refractivity contribution is -0.223. The van der Waals surface area contributed by atoms with Gasteiger partial charge in [0.15, 0.2) is 0 Å². The first-order valence-corrected chi connectivity index (χ1v) is 16.4. The average Bonchev–Trinajstić information content (AvgIpc) is 3.26. The highest BCUT2D eigenvalue weighted by Crippen LogP contribution is 2.57. The zero-order valence-corrected chi connectivity index (χ0v) is 28.9. The van der Waals surface area contributed by atoms with Crippen LogP contribution in [0, 0.1) is 0 Å². The standard InChI is InChI=1S/C38H46N6O4/c1-35(2)36(3,4)42(46)33(41(35)45)25-19-21-29-31(23-25)39(27-15-11-9-12-16-27)30-22-20-26(24-32(30)40(29)28-17-13-10-14-18-28)34-43(47)37(5,6)38(7,8)44(34)48/h9-24,33-34,45-48H,1-8H3. The fourth-order valence-corrected chi connectivity index (χ4v) is 7.22. The maximum atomic E-state index is 11.5. The quantitative estimate of drug-likeness (QED) is 0.151. The van der Waals surface area contributed by atoms with Crippen LogP contribution in [0.4, 0.5) is 34.1 Å². The van der Waals surface area contributed by atoms with Crippen LogP contribution in [0.3, 0.4) is 0 Å². The summed E-state index contributed by atoms with van der Waals surface area (Å²) < 4.78 is 0. The predicted molar refractivity (Wildman–Crippen MR) is 186 cm³/mol. The van der Waals surface area contributed by atoms with Crippen LogP contribution in [0.2, 0.25) is 0 Å². The molecule has 2 fully saturated rings. The molecule has 10 nitrogen and oxygen atoms in total. The van der Waals surface area contributed by atoms with Gasteiger partial charge in [0.25, 0.3) is 0 Å². The van der Waals surface area contributed by atoms with Crippen molar-refractivity contribution in [1.29, 1.82) is 0 Å². The molecular formula is C38H46N6O4. The van der Waals surface area contributed by atoms with E-state index in [4.69, 9.17) is 0 Å². The van der Waals surface area contributed by atoms with Crippen molar-refractivity contribution in [3.63, 3.8) is 0 Å². The summed E-state index contributed by atoms with van der Waals surface area (Å²) in [6.45, 7) is 15.4. The minimum absolute atomic E-state index is 0.730. The third kappa shape index (κ3) is 4.35. The summed E-state index contributed by atoms with van der Waals surface area (Å²) in [6, 6.07) is 32.2. The number of nitrogens with zero attached hydrogens (tertiary/aromatic N) is 6. The molecular weight excluding hydrogens is 604 g/mol.